The van der Waals surface area contributed by atoms with Crippen LogP contribution in [-0.2, 0) is 10.9 Å². The minimum atomic E-state index is -4.43. The summed E-state index contributed by atoms with van der Waals surface area (Å²) in [5.41, 5.74) is 5.13. The van der Waals surface area contributed by atoms with E-state index >= 15 is 0 Å². The van der Waals surface area contributed by atoms with Crippen molar-refractivity contribution in [2.45, 2.75) is 44.2 Å². The summed E-state index contributed by atoms with van der Waals surface area (Å²) in [6, 6.07) is 3.60. The fourth-order valence-corrected chi connectivity index (χ4v) is 2.51. The van der Waals surface area contributed by atoms with Gasteiger partial charge in [-0.2, -0.15) is 13.2 Å². The molecule has 106 valence electrons. The molecule has 1 aliphatic heterocycles. The number of halogens is 4. The van der Waals surface area contributed by atoms with Crippen LogP contribution in [0.15, 0.2) is 18.2 Å². The van der Waals surface area contributed by atoms with Crippen LogP contribution in [0.4, 0.5) is 13.2 Å². The quantitative estimate of drug-likeness (QED) is 0.897. The molecule has 0 spiro atoms. The lowest BCUT2D eigenvalue weighted by atomic mass is 9.99. The van der Waals surface area contributed by atoms with E-state index in [1.165, 1.54) is 12.1 Å². The second-order valence-corrected chi connectivity index (χ2v) is 5.27. The van der Waals surface area contributed by atoms with Gasteiger partial charge in [-0.3, -0.25) is 0 Å². The third kappa shape index (κ3) is 3.22. The smallest absolute Gasteiger partial charge is 0.369 e. The number of benzene rings is 1. The zero-order valence-electron chi connectivity index (χ0n) is 10.4. The molecule has 3 atom stereocenters. The Morgan fingerprint density at radius 3 is 2.58 bits per heavy atom. The molecular formula is C13H15ClF3NO. The van der Waals surface area contributed by atoms with Gasteiger partial charge in [0.15, 0.2) is 0 Å². The highest BCUT2D eigenvalue weighted by atomic mass is 35.5. The highest BCUT2D eigenvalue weighted by Crippen LogP contribution is 2.41. The Hall–Kier alpha value is -0.780. The van der Waals surface area contributed by atoms with Gasteiger partial charge in [0.2, 0.25) is 0 Å². The lowest BCUT2D eigenvalue weighted by Gasteiger charge is -2.20. The van der Waals surface area contributed by atoms with E-state index in [9.17, 15) is 13.2 Å². The van der Waals surface area contributed by atoms with Gasteiger partial charge >= 0.3 is 6.18 Å². The molecule has 1 aliphatic rings. The van der Waals surface area contributed by atoms with Crippen molar-refractivity contribution in [2.24, 2.45) is 5.73 Å². The van der Waals surface area contributed by atoms with Crippen molar-refractivity contribution < 1.29 is 17.9 Å². The molecule has 2 nitrogen and oxygen atoms in total. The Balaban J connectivity index is 2.31. The van der Waals surface area contributed by atoms with Crippen LogP contribution < -0.4 is 5.73 Å². The molecule has 1 saturated heterocycles. The number of hydrogen-bond acceptors (Lipinski definition) is 2. The highest BCUT2D eigenvalue weighted by molar-refractivity contribution is 6.30. The predicted octanol–water partition coefficient (Wildman–Crippen LogP) is 3.93. The van der Waals surface area contributed by atoms with Crippen molar-refractivity contribution in [1.29, 1.82) is 0 Å². The zero-order valence-corrected chi connectivity index (χ0v) is 11.1. The van der Waals surface area contributed by atoms with Crippen molar-refractivity contribution in [3.05, 3.63) is 34.3 Å². The van der Waals surface area contributed by atoms with Crippen molar-refractivity contribution in [3.63, 3.8) is 0 Å². The molecule has 0 aliphatic carbocycles. The van der Waals surface area contributed by atoms with Crippen LogP contribution in [-0.4, -0.2) is 12.1 Å². The van der Waals surface area contributed by atoms with Gasteiger partial charge in [0.1, 0.15) is 0 Å². The average Bonchev–Trinajstić information content (AvgIpc) is 2.77. The molecule has 1 heterocycles. The summed E-state index contributed by atoms with van der Waals surface area (Å²) < 4.78 is 44.6. The normalized spacial score (nSPS) is 25.6. The number of hydrogen-bond donors (Lipinski definition) is 1. The Bertz CT molecular complexity index is 462. The monoisotopic (exact) mass is 293 g/mol. The molecule has 6 heteroatoms. The van der Waals surface area contributed by atoms with Crippen LogP contribution in [0.1, 0.15) is 37.0 Å². The molecule has 0 radical (unpaired) electrons. The van der Waals surface area contributed by atoms with Crippen LogP contribution in [0.3, 0.4) is 0 Å². The van der Waals surface area contributed by atoms with E-state index < -0.39 is 17.8 Å². The van der Waals surface area contributed by atoms with Gasteiger partial charge in [-0.1, -0.05) is 17.7 Å². The second kappa shape index (κ2) is 5.31. The van der Waals surface area contributed by atoms with Gasteiger partial charge in [-0.15, -0.1) is 0 Å². The SMILES string of the molecule is C[C@H](N)[C@@H]1CC[C@H](c2ccc(Cl)cc2C(F)(F)F)O1. The standard InChI is InChI=1S/C13H15ClF3NO/c1-7(18)11-4-5-12(19-11)9-3-2-8(14)6-10(9)13(15,16)17/h2-3,6-7,11-12H,4-5,18H2,1H3/t7-,11-,12+/m0/s1. The minimum absolute atomic E-state index is 0.0674. The van der Waals surface area contributed by atoms with Gasteiger partial charge in [0, 0.05) is 11.1 Å². The van der Waals surface area contributed by atoms with Crippen LogP contribution in [0.25, 0.3) is 0 Å². The average molecular weight is 294 g/mol. The number of alkyl halides is 3. The molecule has 1 aromatic carbocycles. The van der Waals surface area contributed by atoms with E-state index in [0.29, 0.717) is 12.8 Å². The Morgan fingerprint density at radius 1 is 1.37 bits per heavy atom. The molecule has 0 saturated carbocycles. The summed E-state index contributed by atoms with van der Waals surface area (Å²) in [6.07, 6.45) is -3.98. The van der Waals surface area contributed by atoms with E-state index in [2.05, 4.69) is 0 Å². The largest absolute Gasteiger partial charge is 0.416 e. The topological polar surface area (TPSA) is 35.2 Å². The third-order valence-corrected chi connectivity index (χ3v) is 3.54. The van der Waals surface area contributed by atoms with Crippen molar-refractivity contribution >= 4 is 11.6 Å². The number of rotatable bonds is 2. The molecule has 0 bridgehead atoms. The lowest BCUT2D eigenvalue weighted by Crippen LogP contribution is -2.30. The Morgan fingerprint density at radius 2 is 2.05 bits per heavy atom. The predicted molar refractivity (Wildman–Crippen MR) is 67.0 cm³/mol. The molecule has 0 amide bonds. The van der Waals surface area contributed by atoms with Crippen LogP contribution in [0.2, 0.25) is 5.02 Å². The summed E-state index contributed by atoms with van der Waals surface area (Å²) in [5.74, 6) is 0. The van der Waals surface area contributed by atoms with E-state index in [4.69, 9.17) is 22.1 Å². The van der Waals surface area contributed by atoms with Gasteiger partial charge in [-0.25, -0.2) is 0 Å². The van der Waals surface area contributed by atoms with E-state index in [-0.39, 0.29) is 22.7 Å². The van der Waals surface area contributed by atoms with E-state index in [1.807, 2.05) is 0 Å². The van der Waals surface area contributed by atoms with Crippen molar-refractivity contribution in [1.82, 2.24) is 0 Å². The van der Waals surface area contributed by atoms with Crippen LogP contribution in [0.5, 0.6) is 0 Å². The molecular weight excluding hydrogens is 279 g/mol. The maximum absolute atomic E-state index is 13.0. The maximum Gasteiger partial charge on any atom is 0.416 e. The van der Waals surface area contributed by atoms with Crippen LogP contribution in [0, 0.1) is 0 Å². The lowest BCUT2D eigenvalue weighted by molar-refractivity contribution is -0.139. The fourth-order valence-electron chi connectivity index (χ4n) is 2.33. The summed E-state index contributed by atoms with van der Waals surface area (Å²) >= 11 is 5.65. The number of ether oxygens (including phenoxy) is 1. The first-order valence-corrected chi connectivity index (χ1v) is 6.44. The summed E-state index contributed by atoms with van der Waals surface area (Å²) in [6.45, 7) is 1.79. The molecule has 0 unspecified atom stereocenters. The number of nitrogens with two attached hydrogens (primary N) is 1. The first kappa shape index (κ1) is 14.6. The first-order valence-electron chi connectivity index (χ1n) is 6.06. The summed E-state index contributed by atoms with van der Waals surface area (Å²) in [4.78, 5) is 0. The highest BCUT2D eigenvalue weighted by Gasteiger charge is 2.38. The second-order valence-electron chi connectivity index (χ2n) is 4.83. The molecule has 1 aromatic rings. The Kier molecular flexibility index (Phi) is 4.08. The Labute approximate surface area is 114 Å². The first-order chi connectivity index (χ1) is 8.79. The molecule has 2 N–H and O–H groups in total. The van der Waals surface area contributed by atoms with E-state index in [0.717, 1.165) is 6.07 Å². The minimum Gasteiger partial charge on any atom is -0.369 e. The zero-order chi connectivity index (χ0) is 14.2. The fraction of sp³-hybridized carbons (Fsp3) is 0.538. The van der Waals surface area contributed by atoms with Gasteiger partial charge in [0.25, 0.3) is 0 Å². The van der Waals surface area contributed by atoms with Gasteiger partial charge < -0.3 is 10.5 Å². The summed E-state index contributed by atoms with van der Waals surface area (Å²) in [7, 11) is 0. The van der Waals surface area contributed by atoms with Gasteiger partial charge in [-0.05, 0) is 37.5 Å². The molecule has 19 heavy (non-hydrogen) atoms. The van der Waals surface area contributed by atoms with Crippen molar-refractivity contribution in [2.75, 3.05) is 0 Å². The molecule has 1 fully saturated rings. The molecule has 0 aromatic heterocycles. The van der Waals surface area contributed by atoms with Crippen LogP contribution >= 0.6 is 11.6 Å². The van der Waals surface area contributed by atoms with Gasteiger partial charge in [0.05, 0.1) is 17.8 Å². The maximum atomic E-state index is 13.0. The summed E-state index contributed by atoms with van der Waals surface area (Å²) in [5, 5.41) is 0.0674. The van der Waals surface area contributed by atoms with E-state index in [1.54, 1.807) is 6.92 Å². The molecule has 2 rings (SSSR count). The third-order valence-electron chi connectivity index (χ3n) is 3.31. The van der Waals surface area contributed by atoms with Crippen molar-refractivity contribution in [3.8, 4) is 0 Å².